The molecule has 1 N–H and O–H groups in total. The number of unbranched alkanes of at least 4 members (excludes halogenated alkanes) is 32. The van der Waals surface area contributed by atoms with Gasteiger partial charge in [0.25, 0.3) is 0 Å². The van der Waals surface area contributed by atoms with Crippen LogP contribution in [0, 0.1) is 0 Å². The fourth-order valence-electron chi connectivity index (χ4n) is 6.18. The zero-order valence-electron chi connectivity index (χ0n) is 28.9. The highest BCUT2D eigenvalue weighted by atomic mass is 16.1. The molecule has 0 rings (SSSR count). The zero-order chi connectivity index (χ0) is 29.7. The predicted octanol–water partition coefficient (Wildman–Crippen LogP) is 13.8. The molecule has 0 aliphatic rings. The van der Waals surface area contributed by atoms with Crippen LogP contribution in [-0.4, -0.2) is 12.5 Å². The maximum absolute atomic E-state index is 12.1. The fraction of sp³-hybridized carbons (Fsp3) is 0.974. The second-order valence-corrected chi connectivity index (χ2v) is 13.4. The molecule has 41 heavy (non-hydrogen) atoms. The van der Waals surface area contributed by atoms with Gasteiger partial charge in [-0.1, -0.05) is 219 Å². The van der Waals surface area contributed by atoms with Crippen molar-refractivity contribution in [3.63, 3.8) is 0 Å². The summed E-state index contributed by atoms with van der Waals surface area (Å²) in [5.41, 5.74) is 0. The number of carbonyl (C=O) groups excluding carboxylic acids is 1. The van der Waals surface area contributed by atoms with Gasteiger partial charge in [0.2, 0.25) is 5.91 Å². The Hall–Kier alpha value is -0.530. The Kier molecular flexibility index (Phi) is 37.0. The largest absolute Gasteiger partial charge is 0.356 e. The third-order valence-electron chi connectivity index (χ3n) is 9.11. The molecule has 0 saturated heterocycles. The summed E-state index contributed by atoms with van der Waals surface area (Å²) < 4.78 is 0. The molecule has 0 aliphatic carbocycles. The number of amides is 1. The molecule has 0 atom stereocenters. The molecule has 0 aromatic rings. The number of rotatable bonds is 36. The van der Waals surface area contributed by atoms with E-state index in [-0.39, 0.29) is 5.91 Å². The van der Waals surface area contributed by atoms with Crippen molar-refractivity contribution in [2.45, 2.75) is 239 Å². The monoisotopic (exact) mass is 578 g/mol. The molecule has 0 spiro atoms. The molecular weight excluding hydrogens is 498 g/mol. The highest BCUT2D eigenvalue weighted by Crippen LogP contribution is 2.15. The molecule has 0 bridgehead atoms. The number of nitrogens with one attached hydrogen (secondary N) is 1. The van der Waals surface area contributed by atoms with Gasteiger partial charge in [-0.05, 0) is 12.8 Å². The number of hydrogen-bond donors (Lipinski definition) is 1. The van der Waals surface area contributed by atoms with Crippen LogP contribution in [0.2, 0.25) is 0 Å². The number of hydrogen-bond acceptors (Lipinski definition) is 1. The lowest BCUT2D eigenvalue weighted by Crippen LogP contribution is -2.23. The van der Waals surface area contributed by atoms with Crippen LogP contribution in [0.3, 0.4) is 0 Å². The van der Waals surface area contributed by atoms with Gasteiger partial charge in [0, 0.05) is 13.0 Å². The second-order valence-electron chi connectivity index (χ2n) is 13.4. The van der Waals surface area contributed by atoms with Gasteiger partial charge in [-0.15, -0.1) is 0 Å². The highest BCUT2D eigenvalue weighted by molar-refractivity contribution is 5.75. The Bertz CT molecular complexity index is 476. The van der Waals surface area contributed by atoms with Crippen molar-refractivity contribution in [3.8, 4) is 0 Å². The summed E-state index contributed by atoms with van der Waals surface area (Å²) in [6, 6.07) is 0. The van der Waals surface area contributed by atoms with Crippen LogP contribution < -0.4 is 5.32 Å². The van der Waals surface area contributed by atoms with Gasteiger partial charge < -0.3 is 5.32 Å². The molecule has 0 aliphatic heterocycles. The van der Waals surface area contributed by atoms with Crippen molar-refractivity contribution in [2.75, 3.05) is 6.54 Å². The molecule has 2 heteroatoms. The molecule has 0 aromatic carbocycles. The summed E-state index contributed by atoms with van der Waals surface area (Å²) in [6.07, 6.45) is 48.2. The van der Waals surface area contributed by atoms with E-state index in [4.69, 9.17) is 0 Å². The molecule has 0 unspecified atom stereocenters. The zero-order valence-corrected chi connectivity index (χ0v) is 28.9. The first-order valence-electron chi connectivity index (χ1n) is 19.6. The second kappa shape index (κ2) is 37.5. The normalized spacial score (nSPS) is 11.4. The summed E-state index contributed by atoms with van der Waals surface area (Å²) >= 11 is 0. The van der Waals surface area contributed by atoms with Crippen molar-refractivity contribution < 1.29 is 4.79 Å². The first-order chi connectivity index (χ1) is 20.3. The van der Waals surface area contributed by atoms with Crippen LogP contribution >= 0.6 is 0 Å². The predicted molar refractivity (Wildman–Crippen MR) is 186 cm³/mol. The first-order valence-corrected chi connectivity index (χ1v) is 19.6. The van der Waals surface area contributed by atoms with Gasteiger partial charge in [0.1, 0.15) is 0 Å². The third-order valence-corrected chi connectivity index (χ3v) is 9.11. The Morgan fingerprint density at radius 1 is 0.317 bits per heavy atom. The van der Waals surface area contributed by atoms with Crippen LogP contribution in [0.25, 0.3) is 0 Å². The first kappa shape index (κ1) is 40.5. The van der Waals surface area contributed by atoms with Crippen molar-refractivity contribution in [2.24, 2.45) is 0 Å². The summed E-state index contributed by atoms with van der Waals surface area (Å²) in [5.74, 6) is 0.280. The minimum atomic E-state index is 0.280. The van der Waals surface area contributed by atoms with E-state index in [2.05, 4.69) is 19.2 Å². The van der Waals surface area contributed by atoms with E-state index in [0.29, 0.717) is 0 Å². The molecule has 0 fully saturated rings. The van der Waals surface area contributed by atoms with Crippen molar-refractivity contribution in [1.82, 2.24) is 5.32 Å². The van der Waals surface area contributed by atoms with Crippen LogP contribution in [0.4, 0.5) is 0 Å². The van der Waals surface area contributed by atoms with E-state index in [1.807, 2.05) is 0 Å². The molecule has 2 nitrogen and oxygen atoms in total. The maximum Gasteiger partial charge on any atom is 0.219 e. The Morgan fingerprint density at radius 2 is 0.537 bits per heavy atom. The van der Waals surface area contributed by atoms with Crippen molar-refractivity contribution in [3.05, 3.63) is 0 Å². The van der Waals surface area contributed by atoms with E-state index in [1.165, 1.54) is 205 Å². The fourth-order valence-corrected chi connectivity index (χ4v) is 6.18. The van der Waals surface area contributed by atoms with E-state index < -0.39 is 0 Å². The van der Waals surface area contributed by atoms with Gasteiger partial charge >= 0.3 is 0 Å². The molecule has 246 valence electrons. The standard InChI is InChI=1S/C39H79NO/c1-3-5-7-9-11-13-15-17-19-21-22-23-25-27-29-31-33-35-37-39(41)40-38-36-34-32-30-28-26-24-20-18-16-14-12-10-8-6-4-2/h3-38H2,1-2H3,(H,40,41). The molecule has 0 aromatic heterocycles. The molecule has 0 radical (unpaired) electrons. The molecule has 0 heterocycles. The summed E-state index contributed by atoms with van der Waals surface area (Å²) in [7, 11) is 0. The Morgan fingerprint density at radius 3 is 0.805 bits per heavy atom. The van der Waals surface area contributed by atoms with Gasteiger partial charge in [-0.25, -0.2) is 0 Å². The Labute approximate surface area is 260 Å². The summed E-state index contributed by atoms with van der Waals surface area (Å²) in [4.78, 5) is 12.1. The molecule has 1 amide bonds. The van der Waals surface area contributed by atoms with Gasteiger partial charge in [0.15, 0.2) is 0 Å². The average molecular weight is 578 g/mol. The minimum absolute atomic E-state index is 0.280. The third kappa shape index (κ3) is 37.4. The van der Waals surface area contributed by atoms with E-state index in [0.717, 1.165) is 25.8 Å². The quantitative estimate of drug-likeness (QED) is 0.0737. The SMILES string of the molecule is CCCCCCCCCCCCCCCCCCCCC(=O)NCCCCCCCCCCCCCCCCCC. The van der Waals surface area contributed by atoms with Crippen LogP contribution in [-0.2, 0) is 4.79 Å². The molecule has 0 saturated carbocycles. The average Bonchev–Trinajstić information content (AvgIpc) is 2.98. The van der Waals surface area contributed by atoms with Gasteiger partial charge in [-0.3, -0.25) is 4.79 Å². The highest BCUT2D eigenvalue weighted by Gasteiger charge is 2.01. The van der Waals surface area contributed by atoms with Crippen LogP contribution in [0.15, 0.2) is 0 Å². The maximum atomic E-state index is 12.1. The number of carbonyl (C=O) groups is 1. The van der Waals surface area contributed by atoms with Gasteiger partial charge in [-0.2, -0.15) is 0 Å². The smallest absolute Gasteiger partial charge is 0.219 e. The van der Waals surface area contributed by atoms with E-state index in [9.17, 15) is 4.79 Å². The van der Waals surface area contributed by atoms with Crippen LogP contribution in [0.1, 0.15) is 239 Å². The van der Waals surface area contributed by atoms with Crippen molar-refractivity contribution >= 4 is 5.91 Å². The van der Waals surface area contributed by atoms with Crippen LogP contribution in [0.5, 0.6) is 0 Å². The van der Waals surface area contributed by atoms with Crippen molar-refractivity contribution in [1.29, 1.82) is 0 Å². The lowest BCUT2D eigenvalue weighted by atomic mass is 10.0. The summed E-state index contributed by atoms with van der Waals surface area (Å²) in [6.45, 7) is 5.48. The lowest BCUT2D eigenvalue weighted by molar-refractivity contribution is -0.121. The van der Waals surface area contributed by atoms with E-state index in [1.54, 1.807) is 0 Å². The Balaban J connectivity index is 3.14. The molecular formula is C39H79NO. The minimum Gasteiger partial charge on any atom is -0.356 e. The topological polar surface area (TPSA) is 29.1 Å². The van der Waals surface area contributed by atoms with Gasteiger partial charge in [0.05, 0.1) is 0 Å². The van der Waals surface area contributed by atoms with E-state index >= 15 is 0 Å². The summed E-state index contributed by atoms with van der Waals surface area (Å²) in [5, 5.41) is 3.15. The lowest BCUT2D eigenvalue weighted by Gasteiger charge is -2.06.